The molecule has 0 aliphatic carbocycles. The molecule has 1 aliphatic heterocycles. The van der Waals surface area contributed by atoms with Gasteiger partial charge in [-0.05, 0) is 18.6 Å². The zero-order valence-electron chi connectivity index (χ0n) is 14.8. The highest BCUT2D eigenvalue weighted by molar-refractivity contribution is 5.97. The standard InChI is InChI=1S/C20H19FN2O4/c1-13-6-8-14(9-7-13)10-23-17(24)11-22(12-18(25)26)20(27)19(23)15-4-2-3-5-16(15)21/h2-9,19H,10-12H2,1H3,(H,25,26)/t19-/m0/s1. The molecule has 7 heteroatoms. The lowest BCUT2D eigenvalue weighted by Gasteiger charge is -2.40. The highest BCUT2D eigenvalue weighted by atomic mass is 19.1. The number of carbonyl (C=O) groups excluding carboxylic acids is 2. The van der Waals surface area contributed by atoms with Gasteiger partial charge < -0.3 is 14.9 Å². The summed E-state index contributed by atoms with van der Waals surface area (Å²) in [6.07, 6.45) is 0. The minimum absolute atomic E-state index is 0.0538. The van der Waals surface area contributed by atoms with Gasteiger partial charge in [0.2, 0.25) is 5.91 Å². The molecule has 140 valence electrons. The van der Waals surface area contributed by atoms with E-state index in [2.05, 4.69) is 0 Å². The Kier molecular flexibility index (Phi) is 5.21. The van der Waals surface area contributed by atoms with Crippen LogP contribution in [-0.4, -0.2) is 45.8 Å². The maximum atomic E-state index is 14.4. The summed E-state index contributed by atoms with van der Waals surface area (Å²) in [5, 5.41) is 9.02. The Morgan fingerprint density at radius 1 is 1.15 bits per heavy atom. The number of piperazine rings is 1. The van der Waals surface area contributed by atoms with Gasteiger partial charge in [-0.3, -0.25) is 14.4 Å². The second kappa shape index (κ2) is 7.57. The molecule has 1 saturated heterocycles. The van der Waals surface area contributed by atoms with Crippen molar-refractivity contribution in [2.24, 2.45) is 0 Å². The number of aliphatic carboxylic acids is 1. The topological polar surface area (TPSA) is 77.9 Å². The molecule has 0 bridgehead atoms. The normalized spacial score (nSPS) is 17.3. The van der Waals surface area contributed by atoms with Gasteiger partial charge >= 0.3 is 5.97 Å². The third kappa shape index (κ3) is 3.97. The number of nitrogens with zero attached hydrogens (tertiary/aromatic N) is 2. The fraction of sp³-hybridized carbons (Fsp3) is 0.250. The van der Waals surface area contributed by atoms with Gasteiger partial charge in [0.1, 0.15) is 24.9 Å². The predicted molar refractivity (Wildman–Crippen MR) is 95.1 cm³/mol. The first-order chi connectivity index (χ1) is 12.9. The molecule has 27 heavy (non-hydrogen) atoms. The van der Waals surface area contributed by atoms with E-state index in [0.717, 1.165) is 16.0 Å². The molecule has 2 aromatic carbocycles. The van der Waals surface area contributed by atoms with E-state index in [1.54, 1.807) is 6.07 Å². The number of hydrogen-bond donors (Lipinski definition) is 1. The Bertz CT molecular complexity index is 882. The van der Waals surface area contributed by atoms with Crippen molar-refractivity contribution in [1.29, 1.82) is 0 Å². The van der Waals surface area contributed by atoms with Gasteiger partial charge in [0, 0.05) is 12.1 Å². The summed E-state index contributed by atoms with van der Waals surface area (Å²) in [4.78, 5) is 38.9. The smallest absolute Gasteiger partial charge is 0.323 e. The van der Waals surface area contributed by atoms with Crippen LogP contribution in [0.3, 0.4) is 0 Å². The molecule has 0 unspecified atom stereocenters. The lowest BCUT2D eigenvalue weighted by molar-refractivity contribution is -0.160. The van der Waals surface area contributed by atoms with Crippen LogP contribution in [0.15, 0.2) is 48.5 Å². The second-order valence-electron chi connectivity index (χ2n) is 6.52. The minimum Gasteiger partial charge on any atom is -0.480 e. The fourth-order valence-electron chi connectivity index (χ4n) is 3.15. The number of carboxylic acids is 1. The maximum absolute atomic E-state index is 14.4. The molecule has 1 heterocycles. The molecule has 3 rings (SSSR count). The van der Waals surface area contributed by atoms with Crippen LogP contribution < -0.4 is 0 Å². The van der Waals surface area contributed by atoms with Crippen LogP contribution >= 0.6 is 0 Å². The first kappa shape index (κ1) is 18.6. The SMILES string of the molecule is Cc1ccc(CN2C(=O)CN(CC(=O)O)C(=O)[C@@H]2c2ccccc2F)cc1. The van der Waals surface area contributed by atoms with Crippen molar-refractivity contribution in [2.75, 3.05) is 13.1 Å². The number of rotatable bonds is 5. The predicted octanol–water partition coefficient (Wildman–Crippen LogP) is 2.13. The molecule has 1 N–H and O–H groups in total. The van der Waals surface area contributed by atoms with Gasteiger partial charge in [-0.2, -0.15) is 0 Å². The summed E-state index contributed by atoms with van der Waals surface area (Å²) in [5.41, 5.74) is 1.91. The molecule has 1 fully saturated rings. The van der Waals surface area contributed by atoms with Crippen molar-refractivity contribution in [2.45, 2.75) is 19.5 Å². The molecule has 1 aliphatic rings. The van der Waals surface area contributed by atoms with Crippen LogP contribution in [0.2, 0.25) is 0 Å². The lowest BCUT2D eigenvalue weighted by Crippen LogP contribution is -2.56. The third-order valence-electron chi connectivity index (χ3n) is 4.50. The Morgan fingerprint density at radius 3 is 2.44 bits per heavy atom. The van der Waals surface area contributed by atoms with E-state index in [0.29, 0.717) is 0 Å². The molecule has 1 atom stereocenters. The Labute approximate surface area is 155 Å². The van der Waals surface area contributed by atoms with Gasteiger partial charge in [0.05, 0.1) is 0 Å². The van der Waals surface area contributed by atoms with Crippen molar-refractivity contribution >= 4 is 17.8 Å². The quantitative estimate of drug-likeness (QED) is 0.875. The van der Waals surface area contributed by atoms with Gasteiger partial charge in [-0.25, -0.2) is 4.39 Å². The van der Waals surface area contributed by atoms with Gasteiger partial charge in [0.25, 0.3) is 5.91 Å². The zero-order valence-corrected chi connectivity index (χ0v) is 14.8. The first-order valence-corrected chi connectivity index (χ1v) is 8.47. The van der Waals surface area contributed by atoms with Crippen molar-refractivity contribution in [3.8, 4) is 0 Å². The molecular weight excluding hydrogens is 351 g/mol. The highest BCUT2D eigenvalue weighted by Crippen LogP contribution is 2.30. The number of carbonyl (C=O) groups is 3. The van der Waals surface area contributed by atoms with Crippen molar-refractivity contribution in [3.63, 3.8) is 0 Å². The average molecular weight is 370 g/mol. The van der Waals surface area contributed by atoms with E-state index in [1.807, 2.05) is 31.2 Å². The third-order valence-corrected chi connectivity index (χ3v) is 4.50. The monoisotopic (exact) mass is 370 g/mol. The van der Waals surface area contributed by atoms with E-state index in [-0.39, 0.29) is 18.7 Å². The van der Waals surface area contributed by atoms with Crippen LogP contribution in [-0.2, 0) is 20.9 Å². The summed E-state index contributed by atoms with van der Waals surface area (Å²) >= 11 is 0. The Balaban J connectivity index is 1.99. The number of benzene rings is 2. The molecular formula is C20H19FN2O4. The summed E-state index contributed by atoms with van der Waals surface area (Å²) in [5.74, 6) is -2.87. The van der Waals surface area contributed by atoms with Gasteiger partial charge in [-0.1, -0.05) is 48.0 Å². The minimum atomic E-state index is -1.23. The summed E-state index contributed by atoms with van der Waals surface area (Å²) in [6, 6.07) is 12.0. The number of aryl methyl sites for hydroxylation is 1. The van der Waals surface area contributed by atoms with E-state index >= 15 is 0 Å². The molecule has 0 saturated carbocycles. The van der Waals surface area contributed by atoms with Crippen molar-refractivity contribution in [1.82, 2.24) is 9.80 Å². The molecule has 2 aromatic rings. The molecule has 2 amide bonds. The molecule has 0 aromatic heterocycles. The number of amides is 2. The summed E-state index contributed by atoms with van der Waals surface area (Å²) < 4.78 is 14.4. The largest absolute Gasteiger partial charge is 0.480 e. The van der Waals surface area contributed by atoms with Crippen molar-refractivity contribution in [3.05, 3.63) is 71.0 Å². The summed E-state index contributed by atoms with van der Waals surface area (Å²) in [6.45, 7) is 1.12. The lowest BCUT2D eigenvalue weighted by atomic mass is 9.99. The maximum Gasteiger partial charge on any atom is 0.323 e. The molecule has 0 radical (unpaired) electrons. The summed E-state index contributed by atoms with van der Waals surface area (Å²) in [7, 11) is 0. The van der Waals surface area contributed by atoms with Gasteiger partial charge in [0.15, 0.2) is 0 Å². The highest BCUT2D eigenvalue weighted by Gasteiger charge is 2.41. The van der Waals surface area contributed by atoms with E-state index < -0.39 is 36.2 Å². The van der Waals surface area contributed by atoms with Gasteiger partial charge in [-0.15, -0.1) is 0 Å². The van der Waals surface area contributed by atoms with E-state index in [4.69, 9.17) is 5.11 Å². The first-order valence-electron chi connectivity index (χ1n) is 8.47. The van der Waals surface area contributed by atoms with Crippen LogP contribution in [0.4, 0.5) is 4.39 Å². The average Bonchev–Trinajstić information content (AvgIpc) is 2.62. The van der Waals surface area contributed by atoms with Crippen LogP contribution in [0.25, 0.3) is 0 Å². The molecule has 0 spiro atoms. The van der Waals surface area contributed by atoms with E-state index in [1.165, 1.54) is 23.1 Å². The van der Waals surface area contributed by atoms with Crippen LogP contribution in [0.5, 0.6) is 0 Å². The molecule has 6 nitrogen and oxygen atoms in total. The zero-order chi connectivity index (χ0) is 19.6. The second-order valence-corrected chi connectivity index (χ2v) is 6.52. The van der Waals surface area contributed by atoms with Crippen LogP contribution in [0, 0.1) is 12.7 Å². The number of hydrogen-bond acceptors (Lipinski definition) is 3. The number of halogens is 1. The number of carboxylic acid groups (broad SMARTS) is 1. The fourth-order valence-corrected chi connectivity index (χ4v) is 3.15. The van der Waals surface area contributed by atoms with E-state index in [9.17, 15) is 18.8 Å². The van der Waals surface area contributed by atoms with Crippen LogP contribution in [0.1, 0.15) is 22.7 Å². The Hall–Kier alpha value is -3.22. The Morgan fingerprint density at radius 2 is 1.81 bits per heavy atom. The van der Waals surface area contributed by atoms with Crippen molar-refractivity contribution < 1.29 is 23.9 Å².